The third kappa shape index (κ3) is 3.64. The summed E-state index contributed by atoms with van der Waals surface area (Å²) in [6.07, 6.45) is 1.43. The molecule has 5 rings (SSSR count). The van der Waals surface area contributed by atoms with Gasteiger partial charge >= 0.3 is 0 Å². The van der Waals surface area contributed by atoms with E-state index in [9.17, 15) is 24.8 Å². The van der Waals surface area contributed by atoms with Gasteiger partial charge in [0.05, 0.1) is 29.3 Å². The minimum atomic E-state index is -1.07. The number of benzene rings is 2. The van der Waals surface area contributed by atoms with E-state index in [-0.39, 0.29) is 23.4 Å². The fraction of sp³-hybridized carbons (Fsp3) is 0.167. The third-order valence-electron chi connectivity index (χ3n) is 5.66. The van der Waals surface area contributed by atoms with Crippen molar-refractivity contribution in [1.29, 1.82) is 0 Å². The van der Waals surface area contributed by atoms with Crippen molar-refractivity contribution in [2.75, 3.05) is 13.2 Å². The average molecular weight is 462 g/mol. The monoisotopic (exact) mass is 462 g/mol. The number of rotatable bonds is 5. The summed E-state index contributed by atoms with van der Waals surface area (Å²) >= 11 is 0. The molecule has 0 bridgehead atoms. The average Bonchev–Trinajstić information content (AvgIpc) is 3.46. The highest BCUT2D eigenvalue weighted by molar-refractivity contribution is 6.46. The molecular weight excluding hydrogens is 444 g/mol. The molecule has 1 N–H and O–H groups in total. The number of likely N-dealkylation sites (tertiary alicyclic amines) is 1. The first-order chi connectivity index (χ1) is 16.4. The Morgan fingerprint density at radius 2 is 1.85 bits per heavy atom. The molecule has 172 valence electrons. The molecule has 3 heterocycles. The molecule has 10 heteroatoms. The number of hydrogen-bond donors (Lipinski definition) is 1. The molecule has 2 aliphatic heterocycles. The Hall–Kier alpha value is -4.60. The number of aliphatic hydroxyl groups excluding tert-OH is 1. The van der Waals surface area contributed by atoms with Gasteiger partial charge in [-0.2, -0.15) is 0 Å². The summed E-state index contributed by atoms with van der Waals surface area (Å²) in [6, 6.07) is 12.5. The van der Waals surface area contributed by atoms with E-state index in [1.165, 1.54) is 35.4 Å². The van der Waals surface area contributed by atoms with E-state index in [1.54, 1.807) is 30.3 Å². The molecule has 34 heavy (non-hydrogen) atoms. The number of nitro benzene ring substituents is 1. The van der Waals surface area contributed by atoms with Gasteiger partial charge in [0.1, 0.15) is 24.7 Å². The van der Waals surface area contributed by atoms with E-state index in [0.29, 0.717) is 36.0 Å². The minimum Gasteiger partial charge on any atom is -0.507 e. The molecule has 1 amide bonds. The molecule has 0 aliphatic carbocycles. The van der Waals surface area contributed by atoms with Gasteiger partial charge in [-0.25, -0.2) is 0 Å². The van der Waals surface area contributed by atoms with Crippen LogP contribution in [0.3, 0.4) is 0 Å². The zero-order chi connectivity index (χ0) is 23.8. The second-order valence-corrected chi connectivity index (χ2v) is 7.72. The van der Waals surface area contributed by atoms with Crippen LogP contribution in [-0.4, -0.2) is 39.8 Å². The molecule has 0 spiro atoms. The lowest BCUT2D eigenvalue weighted by Crippen LogP contribution is -2.29. The quantitative estimate of drug-likeness (QED) is 0.200. The number of aliphatic hydroxyl groups is 1. The maximum atomic E-state index is 13.1. The van der Waals surface area contributed by atoms with Crippen molar-refractivity contribution in [1.82, 2.24) is 4.90 Å². The van der Waals surface area contributed by atoms with Crippen molar-refractivity contribution in [3.8, 4) is 11.5 Å². The van der Waals surface area contributed by atoms with E-state index < -0.39 is 28.4 Å². The van der Waals surface area contributed by atoms with Crippen LogP contribution in [0.25, 0.3) is 5.76 Å². The number of carbonyl (C=O) groups is 2. The summed E-state index contributed by atoms with van der Waals surface area (Å²) in [6.45, 7) is 0.657. The van der Waals surface area contributed by atoms with Crippen molar-refractivity contribution in [2.24, 2.45) is 0 Å². The van der Waals surface area contributed by atoms with E-state index in [2.05, 4.69) is 0 Å². The van der Waals surface area contributed by atoms with Crippen molar-refractivity contribution in [2.45, 2.75) is 12.6 Å². The number of nitro groups is 1. The number of carbonyl (C=O) groups excluding carboxylic acids is 2. The Balaban J connectivity index is 1.66. The molecule has 1 atom stereocenters. The van der Waals surface area contributed by atoms with E-state index >= 15 is 0 Å². The fourth-order valence-electron chi connectivity index (χ4n) is 4.11. The summed E-state index contributed by atoms with van der Waals surface area (Å²) in [5, 5.41) is 22.6. The molecule has 3 aromatic rings. The summed E-state index contributed by atoms with van der Waals surface area (Å²) in [5.41, 5.74) is 0.156. The number of nitrogens with zero attached hydrogens (tertiary/aromatic N) is 2. The maximum absolute atomic E-state index is 13.1. The predicted molar refractivity (Wildman–Crippen MR) is 117 cm³/mol. The van der Waals surface area contributed by atoms with Crippen molar-refractivity contribution < 1.29 is 33.5 Å². The number of ketones is 1. The Kier molecular flexibility index (Phi) is 5.25. The lowest BCUT2D eigenvalue weighted by atomic mass is 9.94. The van der Waals surface area contributed by atoms with Gasteiger partial charge in [0.15, 0.2) is 11.5 Å². The Morgan fingerprint density at radius 1 is 1.06 bits per heavy atom. The van der Waals surface area contributed by atoms with Crippen LogP contribution < -0.4 is 9.47 Å². The smallest absolute Gasteiger partial charge is 0.296 e. The standard InChI is InChI=1S/C24H18N2O8/c27-22(15-6-7-18-19(12-15)34-10-9-33-18)20-21(14-3-1-4-16(11-14)26(30)31)25(24(29)23(20)28)13-17-5-2-8-32-17/h1-8,11-12,21,27H,9-10,13H2. The van der Waals surface area contributed by atoms with Crippen LogP contribution in [0.15, 0.2) is 70.9 Å². The van der Waals surface area contributed by atoms with Crippen LogP contribution in [0.4, 0.5) is 5.69 Å². The molecule has 0 radical (unpaired) electrons. The second-order valence-electron chi connectivity index (χ2n) is 7.72. The van der Waals surface area contributed by atoms with Crippen LogP contribution in [-0.2, 0) is 16.1 Å². The maximum Gasteiger partial charge on any atom is 0.296 e. The molecule has 1 saturated heterocycles. The van der Waals surface area contributed by atoms with Crippen molar-refractivity contribution in [3.63, 3.8) is 0 Å². The summed E-state index contributed by atoms with van der Waals surface area (Å²) < 4.78 is 16.4. The molecule has 10 nitrogen and oxygen atoms in total. The van der Waals surface area contributed by atoms with E-state index in [4.69, 9.17) is 13.9 Å². The lowest BCUT2D eigenvalue weighted by molar-refractivity contribution is -0.384. The SMILES string of the molecule is O=C1C(=O)N(Cc2ccco2)C(c2cccc([N+](=O)[O-])c2)C1=C(O)c1ccc2c(c1)OCCO2. The minimum absolute atomic E-state index is 0.0666. The molecular formula is C24H18N2O8. The number of non-ortho nitro benzene ring substituents is 1. The Morgan fingerprint density at radius 3 is 2.59 bits per heavy atom. The third-order valence-corrected chi connectivity index (χ3v) is 5.66. The Bertz CT molecular complexity index is 1330. The van der Waals surface area contributed by atoms with Gasteiger partial charge in [0.2, 0.25) is 0 Å². The lowest BCUT2D eigenvalue weighted by Gasteiger charge is -2.24. The highest BCUT2D eigenvalue weighted by Crippen LogP contribution is 2.42. The van der Waals surface area contributed by atoms with Gasteiger partial charge in [0.25, 0.3) is 17.4 Å². The largest absolute Gasteiger partial charge is 0.507 e. The number of ether oxygens (including phenoxy) is 2. The highest BCUT2D eigenvalue weighted by Gasteiger charge is 2.46. The fourth-order valence-corrected chi connectivity index (χ4v) is 4.11. The van der Waals surface area contributed by atoms with Crippen molar-refractivity contribution in [3.05, 3.63) is 93.4 Å². The zero-order valence-corrected chi connectivity index (χ0v) is 17.7. The van der Waals surface area contributed by atoms with E-state index in [1.807, 2.05) is 0 Å². The summed E-state index contributed by atoms with van der Waals surface area (Å²) in [5.74, 6) is -0.879. The number of hydrogen-bond acceptors (Lipinski definition) is 8. The summed E-state index contributed by atoms with van der Waals surface area (Å²) in [4.78, 5) is 38.2. The zero-order valence-electron chi connectivity index (χ0n) is 17.7. The van der Waals surface area contributed by atoms with Gasteiger partial charge in [0, 0.05) is 17.7 Å². The molecule has 0 saturated carbocycles. The second kappa shape index (κ2) is 8.39. The molecule has 1 aromatic heterocycles. The van der Waals surface area contributed by atoms with Gasteiger partial charge in [-0.1, -0.05) is 12.1 Å². The van der Waals surface area contributed by atoms with Crippen LogP contribution in [0, 0.1) is 10.1 Å². The van der Waals surface area contributed by atoms with Crippen molar-refractivity contribution >= 4 is 23.1 Å². The molecule has 1 fully saturated rings. The van der Waals surface area contributed by atoms with Crippen LogP contribution in [0.5, 0.6) is 11.5 Å². The molecule has 2 aromatic carbocycles. The first-order valence-electron chi connectivity index (χ1n) is 10.4. The molecule has 2 aliphatic rings. The number of amides is 1. The van der Waals surface area contributed by atoms with Gasteiger partial charge in [-0.05, 0) is 35.9 Å². The Labute approximate surface area is 192 Å². The number of Topliss-reactive ketones (excluding diaryl/α,β-unsaturated/α-hetero) is 1. The van der Waals surface area contributed by atoms with Crippen LogP contribution >= 0.6 is 0 Å². The van der Waals surface area contributed by atoms with Gasteiger partial charge in [-0.3, -0.25) is 19.7 Å². The summed E-state index contributed by atoms with van der Waals surface area (Å²) in [7, 11) is 0. The molecule has 1 unspecified atom stereocenters. The number of fused-ring (bicyclic) bond motifs is 1. The van der Waals surface area contributed by atoms with Crippen LogP contribution in [0.1, 0.15) is 22.9 Å². The van der Waals surface area contributed by atoms with E-state index in [0.717, 1.165) is 0 Å². The first-order valence-corrected chi connectivity index (χ1v) is 10.4. The van der Waals surface area contributed by atoms with Crippen LogP contribution in [0.2, 0.25) is 0 Å². The van der Waals surface area contributed by atoms with Gasteiger partial charge in [-0.15, -0.1) is 0 Å². The number of furan rings is 1. The highest BCUT2D eigenvalue weighted by atomic mass is 16.6. The van der Waals surface area contributed by atoms with Gasteiger partial charge < -0.3 is 23.9 Å². The normalized spacial score (nSPS) is 18.8. The predicted octanol–water partition coefficient (Wildman–Crippen LogP) is 3.58. The first kappa shape index (κ1) is 21.3. The topological polar surface area (TPSA) is 132 Å².